The van der Waals surface area contributed by atoms with Gasteiger partial charge in [0.2, 0.25) is 5.91 Å². The van der Waals surface area contributed by atoms with Crippen molar-refractivity contribution >= 4 is 17.6 Å². The maximum Gasteiger partial charge on any atom is 0.337 e. The minimum atomic E-state index is -0.479. The second kappa shape index (κ2) is 9.30. The first kappa shape index (κ1) is 20.4. The highest BCUT2D eigenvalue weighted by molar-refractivity contribution is 6.09. The fraction of sp³-hybridized carbons (Fsp3) is 0.154. The van der Waals surface area contributed by atoms with E-state index in [4.69, 9.17) is 4.74 Å². The Hall–Kier alpha value is -3.86. The second-order valence-electron chi connectivity index (χ2n) is 7.36. The molecule has 0 bridgehead atoms. The number of carbonyl (C=O) groups is 2. The molecule has 5 nitrogen and oxygen atoms in total. The van der Waals surface area contributed by atoms with Crippen LogP contribution in [-0.2, 0) is 27.4 Å². The number of hydrogen-bond acceptors (Lipinski definition) is 4. The molecule has 0 aromatic heterocycles. The third kappa shape index (κ3) is 4.51. The smallest absolute Gasteiger partial charge is 0.337 e. The van der Waals surface area contributed by atoms with Gasteiger partial charge in [-0.25, -0.2) is 4.79 Å². The number of nitrogens with zero attached hydrogens (tertiary/aromatic N) is 2. The lowest BCUT2D eigenvalue weighted by atomic mass is 10.1. The topological polar surface area (TPSA) is 49.9 Å². The third-order valence-corrected chi connectivity index (χ3v) is 5.24. The number of hydrogen-bond donors (Lipinski definition) is 0. The van der Waals surface area contributed by atoms with Gasteiger partial charge in [0.1, 0.15) is 5.82 Å². The number of anilines is 1. The van der Waals surface area contributed by atoms with Crippen LogP contribution in [0.4, 0.5) is 5.69 Å². The summed E-state index contributed by atoms with van der Waals surface area (Å²) in [7, 11) is 1.35. The predicted molar refractivity (Wildman–Crippen MR) is 120 cm³/mol. The van der Waals surface area contributed by atoms with Crippen LogP contribution in [0.5, 0.6) is 0 Å². The first-order chi connectivity index (χ1) is 15.2. The number of amides is 1. The van der Waals surface area contributed by atoms with Gasteiger partial charge in [-0.1, -0.05) is 78.9 Å². The standard InChI is InChI=1S/C26H24N2O3/c1-31-26(30)23-17-24(29)28(22-15-9-4-10-16-22)25(23)27(18-20-11-5-2-6-12-20)19-21-13-7-3-8-14-21/h2-16H,17-19H2,1H3. The van der Waals surface area contributed by atoms with Crippen LogP contribution in [-0.4, -0.2) is 23.9 Å². The van der Waals surface area contributed by atoms with E-state index in [1.54, 1.807) is 4.90 Å². The van der Waals surface area contributed by atoms with Crippen molar-refractivity contribution in [2.75, 3.05) is 12.0 Å². The molecular formula is C26H24N2O3. The molecule has 5 heteroatoms. The predicted octanol–water partition coefficient (Wildman–Crippen LogP) is 4.51. The van der Waals surface area contributed by atoms with Gasteiger partial charge in [-0.3, -0.25) is 9.69 Å². The molecule has 0 saturated carbocycles. The monoisotopic (exact) mass is 412 g/mol. The van der Waals surface area contributed by atoms with E-state index in [9.17, 15) is 9.59 Å². The summed E-state index contributed by atoms with van der Waals surface area (Å²) in [5.41, 5.74) is 3.28. The quantitative estimate of drug-likeness (QED) is 0.536. The van der Waals surface area contributed by atoms with Crippen LogP contribution in [0.25, 0.3) is 0 Å². The molecule has 31 heavy (non-hydrogen) atoms. The molecule has 0 radical (unpaired) electrons. The van der Waals surface area contributed by atoms with Crippen LogP contribution in [0.3, 0.4) is 0 Å². The summed E-state index contributed by atoms with van der Waals surface area (Å²) in [6, 6.07) is 29.5. The maximum absolute atomic E-state index is 13.1. The number of methoxy groups -OCH3 is 1. The van der Waals surface area contributed by atoms with E-state index in [2.05, 4.69) is 4.90 Å². The van der Waals surface area contributed by atoms with Crippen LogP contribution in [0, 0.1) is 0 Å². The number of benzene rings is 3. The van der Waals surface area contributed by atoms with E-state index >= 15 is 0 Å². The molecule has 3 aromatic rings. The number of ether oxygens (including phenoxy) is 1. The van der Waals surface area contributed by atoms with Crippen molar-refractivity contribution in [3.63, 3.8) is 0 Å². The summed E-state index contributed by atoms with van der Waals surface area (Å²) in [6.07, 6.45) is 0.0109. The van der Waals surface area contributed by atoms with Crippen molar-refractivity contribution in [2.24, 2.45) is 0 Å². The average Bonchev–Trinajstić information content (AvgIpc) is 3.17. The third-order valence-electron chi connectivity index (χ3n) is 5.24. The first-order valence-electron chi connectivity index (χ1n) is 10.2. The molecule has 0 N–H and O–H groups in total. The fourth-order valence-electron chi connectivity index (χ4n) is 3.84. The van der Waals surface area contributed by atoms with E-state index in [0.29, 0.717) is 24.5 Å². The molecule has 0 saturated heterocycles. The highest BCUT2D eigenvalue weighted by Gasteiger charge is 2.38. The van der Waals surface area contributed by atoms with Gasteiger partial charge in [-0.2, -0.15) is 0 Å². The van der Waals surface area contributed by atoms with Crippen molar-refractivity contribution in [1.29, 1.82) is 0 Å². The van der Waals surface area contributed by atoms with E-state index in [1.165, 1.54) is 7.11 Å². The lowest BCUT2D eigenvalue weighted by Crippen LogP contribution is -2.35. The normalized spacial score (nSPS) is 13.5. The van der Waals surface area contributed by atoms with Gasteiger partial charge in [0.25, 0.3) is 0 Å². The number of esters is 1. The summed E-state index contributed by atoms with van der Waals surface area (Å²) in [6.45, 7) is 1.09. The maximum atomic E-state index is 13.1. The van der Waals surface area contributed by atoms with Gasteiger partial charge in [0, 0.05) is 13.1 Å². The van der Waals surface area contributed by atoms with Gasteiger partial charge in [-0.15, -0.1) is 0 Å². The summed E-state index contributed by atoms with van der Waals surface area (Å²) >= 11 is 0. The Morgan fingerprint density at radius 1 is 0.839 bits per heavy atom. The van der Waals surface area contributed by atoms with Gasteiger partial charge in [-0.05, 0) is 23.3 Å². The van der Waals surface area contributed by atoms with Crippen LogP contribution in [0.15, 0.2) is 102 Å². The SMILES string of the molecule is COC(=O)C1=C(N(Cc2ccccc2)Cc2ccccc2)N(c2ccccc2)C(=O)C1. The lowest BCUT2D eigenvalue weighted by Gasteiger charge is -2.32. The highest BCUT2D eigenvalue weighted by Crippen LogP contribution is 2.34. The van der Waals surface area contributed by atoms with E-state index < -0.39 is 5.97 Å². The number of carbonyl (C=O) groups excluding carboxylic acids is 2. The molecule has 0 atom stereocenters. The largest absolute Gasteiger partial charge is 0.466 e. The number of rotatable bonds is 7. The minimum Gasteiger partial charge on any atom is -0.466 e. The fourth-order valence-corrected chi connectivity index (χ4v) is 3.84. The molecule has 1 heterocycles. The highest BCUT2D eigenvalue weighted by atomic mass is 16.5. The Morgan fingerprint density at radius 2 is 1.32 bits per heavy atom. The van der Waals surface area contributed by atoms with Crippen LogP contribution in [0.2, 0.25) is 0 Å². The summed E-state index contributed by atoms with van der Waals surface area (Å²) in [4.78, 5) is 29.5. The Morgan fingerprint density at radius 3 is 1.81 bits per heavy atom. The van der Waals surface area contributed by atoms with Crippen molar-refractivity contribution in [2.45, 2.75) is 19.5 Å². The Labute approximate surface area is 182 Å². The zero-order valence-corrected chi connectivity index (χ0v) is 17.4. The van der Waals surface area contributed by atoms with Crippen LogP contribution >= 0.6 is 0 Å². The lowest BCUT2D eigenvalue weighted by molar-refractivity contribution is -0.136. The van der Waals surface area contributed by atoms with Crippen molar-refractivity contribution in [3.05, 3.63) is 114 Å². The molecule has 0 unspecified atom stereocenters. The molecule has 0 spiro atoms. The zero-order valence-electron chi connectivity index (χ0n) is 17.4. The zero-order chi connectivity index (χ0) is 21.6. The molecule has 3 aromatic carbocycles. The van der Waals surface area contributed by atoms with Crippen LogP contribution < -0.4 is 4.90 Å². The minimum absolute atomic E-state index is 0.0109. The molecule has 1 amide bonds. The summed E-state index contributed by atoms with van der Waals surface area (Å²) in [5.74, 6) is -0.0450. The summed E-state index contributed by atoms with van der Waals surface area (Å²) < 4.78 is 5.05. The van der Waals surface area contributed by atoms with Crippen molar-refractivity contribution in [3.8, 4) is 0 Å². The Balaban J connectivity index is 1.82. The molecule has 1 aliphatic rings. The van der Waals surface area contributed by atoms with E-state index in [1.807, 2.05) is 91.0 Å². The van der Waals surface area contributed by atoms with Gasteiger partial charge in [0.05, 0.1) is 24.8 Å². The molecular weight excluding hydrogens is 388 g/mol. The summed E-state index contributed by atoms with van der Waals surface area (Å²) in [5, 5.41) is 0. The molecule has 1 aliphatic heterocycles. The average molecular weight is 412 g/mol. The molecule has 156 valence electrons. The van der Waals surface area contributed by atoms with Gasteiger partial charge >= 0.3 is 5.97 Å². The van der Waals surface area contributed by atoms with E-state index in [0.717, 1.165) is 16.8 Å². The van der Waals surface area contributed by atoms with Crippen molar-refractivity contribution in [1.82, 2.24) is 4.90 Å². The molecule has 0 aliphatic carbocycles. The molecule has 4 rings (SSSR count). The van der Waals surface area contributed by atoms with Crippen molar-refractivity contribution < 1.29 is 14.3 Å². The Bertz CT molecular complexity index is 1040. The van der Waals surface area contributed by atoms with Crippen LogP contribution in [0.1, 0.15) is 17.5 Å². The Kier molecular flexibility index (Phi) is 6.13. The second-order valence-corrected chi connectivity index (χ2v) is 7.36. The van der Waals surface area contributed by atoms with E-state index in [-0.39, 0.29) is 12.3 Å². The van der Waals surface area contributed by atoms with Gasteiger partial charge in [0.15, 0.2) is 0 Å². The first-order valence-corrected chi connectivity index (χ1v) is 10.2. The molecule has 0 fully saturated rings. The number of para-hydroxylation sites is 1. The van der Waals surface area contributed by atoms with Gasteiger partial charge < -0.3 is 9.64 Å².